The Morgan fingerprint density at radius 3 is 2.61 bits per heavy atom. The number of halogens is 1. The van der Waals surface area contributed by atoms with Crippen LogP contribution in [0.3, 0.4) is 0 Å². The maximum atomic E-state index is 12.5. The van der Waals surface area contributed by atoms with E-state index in [9.17, 15) is 4.79 Å². The summed E-state index contributed by atoms with van der Waals surface area (Å²) in [4.78, 5) is 21.4. The molecule has 1 amide bonds. The fraction of sp³-hybridized carbons (Fsp3) is 0.435. The Balaban J connectivity index is 1.35. The third kappa shape index (κ3) is 3.64. The van der Waals surface area contributed by atoms with Crippen LogP contribution in [-0.4, -0.2) is 56.5 Å². The van der Waals surface area contributed by atoms with Crippen LogP contribution in [0.2, 0.25) is 0 Å². The average molecular weight is 531 g/mol. The lowest BCUT2D eigenvalue weighted by Gasteiger charge is -2.35. The molecule has 31 heavy (non-hydrogen) atoms. The standard InChI is InChI=1S/C23H26IN5O2/c1-14-6-5-7-18-20(14)29(26-21(18)24)15-8-9-19(25-11-15)27-12-17-10-16(27)13-28(17)22(30)31-23(2,3)4/h5-9,11,16-17H,10,12-13H2,1-4H3/t16-,17-/m0/s1. The van der Waals surface area contributed by atoms with Crippen molar-refractivity contribution in [3.05, 3.63) is 45.8 Å². The predicted molar refractivity (Wildman–Crippen MR) is 129 cm³/mol. The summed E-state index contributed by atoms with van der Waals surface area (Å²) in [6, 6.07) is 10.9. The number of anilines is 1. The Bertz CT molecular complexity index is 1150. The van der Waals surface area contributed by atoms with Gasteiger partial charge < -0.3 is 14.5 Å². The predicted octanol–water partition coefficient (Wildman–Crippen LogP) is 4.53. The van der Waals surface area contributed by atoms with Crippen molar-refractivity contribution in [1.29, 1.82) is 0 Å². The normalized spacial score (nSPS) is 20.7. The van der Waals surface area contributed by atoms with Gasteiger partial charge >= 0.3 is 6.09 Å². The largest absolute Gasteiger partial charge is 0.444 e. The van der Waals surface area contributed by atoms with Crippen LogP contribution in [0.1, 0.15) is 32.8 Å². The van der Waals surface area contributed by atoms with E-state index in [1.807, 2.05) is 36.5 Å². The number of rotatable bonds is 2. The van der Waals surface area contributed by atoms with Crippen LogP contribution in [0.5, 0.6) is 0 Å². The number of nitrogens with zero attached hydrogens (tertiary/aromatic N) is 5. The average Bonchev–Trinajstić information content (AvgIpc) is 3.40. The highest BCUT2D eigenvalue weighted by molar-refractivity contribution is 14.1. The molecule has 7 nitrogen and oxygen atoms in total. The number of hydrogen-bond donors (Lipinski definition) is 0. The molecule has 2 saturated heterocycles. The summed E-state index contributed by atoms with van der Waals surface area (Å²) in [5.74, 6) is 0.947. The van der Waals surface area contributed by atoms with Crippen LogP contribution in [-0.2, 0) is 4.74 Å². The minimum Gasteiger partial charge on any atom is -0.444 e. The molecule has 2 aliphatic heterocycles. The molecule has 2 bridgehead atoms. The maximum Gasteiger partial charge on any atom is 0.410 e. The number of carbonyl (C=O) groups is 1. The number of amides is 1. The first-order valence-electron chi connectivity index (χ1n) is 10.6. The van der Waals surface area contributed by atoms with Gasteiger partial charge in [0.15, 0.2) is 0 Å². The Labute approximate surface area is 195 Å². The minimum atomic E-state index is -0.469. The molecule has 162 valence electrons. The Morgan fingerprint density at radius 1 is 1.16 bits per heavy atom. The zero-order chi connectivity index (χ0) is 21.9. The summed E-state index contributed by atoms with van der Waals surface area (Å²) < 4.78 is 8.53. The van der Waals surface area contributed by atoms with Gasteiger partial charge in [-0.3, -0.25) is 0 Å². The molecular weight excluding hydrogens is 505 g/mol. The number of aryl methyl sites for hydroxylation is 1. The highest BCUT2D eigenvalue weighted by atomic mass is 127. The van der Waals surface area contributed by atoms with Gasteiger partial charge in [0.2, 0.25) is 0 Å². The van der Waals surface area contributed by atoms with E-state index in [1.165, 1.54) is 5.56 Å². The molecule has 0 unspecified atom stereocenters. The van der Waals surface area contributed by atoms with Crippen LogP contribution in [0.15, 0.2) is 36.5 Å². The van der Waals surface area contributed by atoms with Gasteiger partial charge in [-0.05, 0) is 74.4 Å². The molecule has 0 N–H and O–H groups in total. The molecule has 5 rings (SSSR count). The van der Waals surface area contributed by atoms with E-state index in [4.69, 9.17) is 14.8 Å². The quantitative estimate of drug-likeness (QED) is 0.455. The lowest BCUT2D eigenvalue weighted by molar-refractivity contribution is 0.0214. The highest BCUT2D eigenvalue weighted by Crippen LogP contribution is 2.35. The number of benzene rings is 1. The van der Waals surface area contributed by atoms with Gasteiger partial charge in [-0.15, -0.1) is 0 Å². The van der Waals surface area contributed by atoms with Gasteiger partial charge in [0.25, 0.3) is 0 Å². The molecule has 2 atom stereocenters. The van der Waals surface area contributed by atoms with Gasteiger partial charge in [0.1, 0.15) is 15.1 Å². The second kappa shape index (κ2) is 7.36. The van der Waals surface area contributed by atoms with E-state index in [0.717, 1.165) is 39.1 Å². The van der Waals surface area contributed by atoms with Crippen LogP contribution < -0.4 is 4.90 Å². The van der Waals surface area contributed by atoms with Crippen LogP contribution in [0.4, 0.5) is 10.6 Å². The third-order valence-corrected chi connectivity index (χ3v) is 6.80. The number of fused-ring (bicyclic) bond motifs is 3. The molecule has 0 saturated carbocycles. The molecule has 1 aromatic carbocycles. The summed E-state index contributed by atoms with van der Waals surface area (Å²) in [5, 5.41) is 5.89. The van der Waals surface area contributed by atoms with Gasteiger partial charge in [-0.2, -0.15) is 5.10 Å². The summed E-state index contributed by atoms with van der Waals surface area (Å²) in [6.45, 7) is 9.30. The number of piperazine rings is 1. The topological polar surface area (TPSA) is 63.5 Å². The van der Waals surface area contributed by atoms with Crippen molar-refractivity contribution < 1.29 is 9.53 Å². The van der Waals surface area contributed by atoms with E-state index in [-0.39, 0.29) is 18.2 Å². The van der Waals surface area contributed by atoms with Crippen LogP contribution in [0, 0.1) is 10.6 Å². The van der Waals surface area contributed by atoms with Crippen LogP contribution in [0.25, 0.3) is 16.6 Å². The molecule has 2 aliphatic rings. The van der Waals surface area contributed by atoms with E-state index >= 15 is 0 Å². The second-order valence-electron chi connectivity index (χ2n) is 9.38. The van der Waals surface area contributed by atoms with Gasteiger partial charge in [0, 0.05) is 18.5 Å². The molecule has 2 fully saturated rings. The van der Waals surface area contributed by atoms with Crippen molar-refractivity contribution in [3.8, 4) is 5.69 Å². The van der Waals surface area contributed by atoms with Gasteiger partial charge in [-0.25, -0.2) is 14.5 Å². The van der Waals surface area contributed by atoms with E-state index < -0.39 is 5.60 Å². The molecule has 0 aliphatic carbocycles. The van der Waals surface area contributed by atoms with Crippen molar-refractivity contribution in [2.24, 2.45) is 0 Å². The van der Waals surface area contributed by atoms with Gasteiger partial charge in [-0.1, -0.05) is 18.2 Å². The van der Waals surface area contributed by atoms with Crippen molar-refractivity contribution in [1.82, 2.24) is 19.7 Å². The zero-order valence-electron chi connectivity index (χ0n) is 18.2. The lowest BCUT2D eigenvalue weighted by Crippen LogP contribution is -2.50. The second-order valence-corrected chi connectivity index (χ2v) is 10.4. The number of aromatic nitrogens is 3. The lowest BCUT2D eigenvalue weighted by atomic mass is 10.2. The first-order chi connectivity index (χ1) is 14.7. The van der Waals surface area contributed by atoms with Crippen molar-refractivity contribution in [2.75, 3.05) is 18.0 Å². The molecule has 0 radical (unpaired) electrons. The van der Waals surface area contributed by atoms with Crippen molar-refractivity contribution >= 4 is 45.4 Å². The SMILES string of the molecule is Cc1cccc2c(I)nn(-c3ccc(N4C[C@@H]5C[C@H]4CN5C(=O)OC(C)(C)C)nc3)c12. The summed E-state index contributed by atoms with van der Waals surface area (Å²) in [5.41, 5.74) is 2.79. The number of ether oxygens (including phenoxy) is 1. The molecule has 0 spiro atoms. The van der Waals surface area contributed by atoms with Gasteiger partial charge in [0.05, 0.1) is 29.5 Å². The summed E-state index contributed by atoms with van der Waals surface area (Å²) in [7, 11) is 0. The van der Waals surface area contributed by atoms with Crippen molar-refractivity contribution in [3.63, 3.8) is 0 Å². The number of hydrogen-bond acceptors (Lipinski definition) is 5. The smallest absolute Gasteiger partial charge is 0.410 e. The molecule has 8 heteroatoms. The molecule has 3 aromatic rings. The third-order valence-electron chi connectivity index (χ3n) is 6.00. The summed E-state index contributed by atoms with van der Waals surface area (Å²) in [6.07, 6.45) is 2.64. The van der Waals surface area contributed by atoms with E-state index in [2.05, 4.69) is 64.7 Å². The number of carbonyl (C=O) groups excluding carboxylic acids is 1. The monoisotopic (exact) mass is 531 g/mol. The zero-order valence-corrected chi connectivity index (χ0v) is 20.3. The first-order valence-corrected chi connectivity index (χ1v) is 11.7. The minimum absolute atomic E-state index is 0.181. The summed E-state index contributed by atoms with van der Waals surface area (Å²) >= 11 is 2.28. The van der Waals surface area contributed by atoms with E-state index in [1.54, 1.807) is 0 Å². The number of likely N-dealkylation sites (tertiary alicyclic amines) is 1. The fourth-order valence-electron chi connectivity index (χ4n) is 4.65. The Morgan fingerprint density at radius 2 is 1.97 bits per heavy atom. The number of pyridine rings is 1. The van der Waals surface area contributed by atoms with Crippen LogP contribution >= 0.6 is 22.6 Å². The molecule has 2 aromatic heterocycles. The maximum absolute atomic E-state index is 12.5. The Hall–Kier alpha value is -2.36. The highest BCUT2D eigenvalue weighted by Gasteiger charge is 2.46. The fourth-order valence-corrected chi connectivity index (χ4v) is 5.30. The number of para-hydroxylation sites is 1. The molecular formula is C23H26IN5O2. The molecule has 4 heterocycles. The van der Waals surface area contributed by atoms with E-state index in [0.29, 0.717) is 6.54 Å². The first kappa shape index (κ1) is 20.5. The Kier molecular flexibility index (Phi) is 4.87. The van der Waals surface area contributed by atoms with Crippen molar-refractivity contribution in [2.45, 2.75) is 51.8 Å².